The van der Waals surface area contributed by atoms with Gasteiger partial charge in [-0.1, -0.05) is 39.0 Å². The molecule has 5 heteroatoms. The Kier molecular flexibility index (Phi) is 7.91. The molecule has 1 aliphatic heterocycles. The summed E-state index contributed by atoms with van der Waals surface area (Å²) in [5.41, 5.74) is 0. The van der Waals surface area contributed by atoms with Gasteiger partial charge in [-0.2, -0.15) is 0 Å². The van der Waals surface area contributed by atoms with Gasteiger partial charge >= 0.3 is 0 Å². The second-order valence-electron chi connectivity index (χ2n) is 7.41. The third-order valence-corrected chi connectivity index (χ3v) is 6.97. The van der Waals surface area contributed by atoms with Crippen LogP contribution in [0.15, 0.2) is 35.2 Å². The average Bonchev–Trinajstić information content (AvgIpc) is 2.61. The predicted molar refractivity (Wildman–Crippen MR) is 102 cm³/mol. The Morgan fingerprint density at radius 2 is 1.92 bits per heavy atom. The van der Waals surface area contributed by atoms with E-state index in [4.69, 9.17) is 4.74 Å². The fourth-order valence-electron chi connectivity index (χ4n) is 3.43. The second-order valence-corrected chi connectivity index (χ2v) is 9.52. The van der Waals surface area contributed by atoms with Crippen LogP contribution >= 0.6 is 0 Å². The molecule has 0 saturated carbocycles. The molecule has 1 heterocycles. The van der Waals surface area contributed by atoms with Crippen LogP contribution in [0, 0.1) is 5.92 Å². The van der Waals surface area contributed by atoms with Gasteiger partial charge in [0.2, 0.25) is 0 Å². The summed E-state index contributed by atoms with van der Waals surface area (Å²) in [5, 5.41) is -0.453. The number of benzene rings is 1. The predicted octanol–water partition coefficient (Wildman–Crippen LogP) is 4.11. The van der Waals surface area contributed by atoms with E-state index in [9.17, 15) is 8.42 Å². The smallest absolute Gasteiger partial charge is 0.194 e. The van der Waals surface area contributed by atoms with Crippen molar-refractivity contribution in [2.75, 3.05) is 19.7 Å². The van der Waals surface area contributed by atoms with Crippen LogP contribution in [0.4, 0.5) is 0 Å². The van der Waals surface area contributed by atoms with Crippen LogP contribution in [-0.2, 0) is 14.6 Å². The van der Waals surface area contributed by atoms with Crippen molar-refractivity contribution in [2.24, 2.45) is 5.92 Å². The van der Waals surface area contributed by atoms with Crippen LogP contribution in [0.25, 0.3) is 0 Å². The van der Waals surface area contributed by atoms with Crippen LogP contribution in [0.1, 0.15) is 52.9 Å². The van der Waals surface area contributed by atoms with Gasteiger partial charge in [-0.25, -0.2) is 8.42 Å². The number of ether oxygens (including phenoxy) is 1. The molecule has 1 saturated heterocycles. The molecule has 0 amide bonds. The molecule has 1 aromatic carbocycles. The maximum atomic E-state index is 13.3. The minimum atomic E-state index is -3.37. The highest BCUT2D eigenvalue weighted by atomic mass is 32.2. The van der Waals surface area contributed by atoms with E-state index >= 15 is 0 Å². The van der Waals surface area contributed by atoms with Crippen molar-refractivity contribution in [2.45, 2.75) is 69.2 Å². The van der Waals surface area contributed by atoms with E-state index in [0.29, 0.717) is 17.2 Å². The Morgan fingerprint density at radius 1 is 1.20 bits per heavy atom. The molecule has 4 nitrogen and oxygen atoms in total. The van der Waals surface area contributed by atoms with Crippen molar-refractivity contribution in [3.8, 4) is 0 Å². The lowest BCUT2D eigenvalue weighted by atomic mass is 10.1. The second kappa shape index (κ2) is 9.70. The topological polar surface area (TPSA) is 46.6 Å². The van der Waals surface area contributed by atoms with Crippen LogP contribution in [-0.4, -0.2) is 44.5 Å². The summed E-state index contributed by atoms with van der Waals surface area (Å²) in [6, 6.07) is 8.89. The van der Waals surface area contributed by atoms with Gasteiger partial charge in [0.15, 0.2) is 9.84 Å². The maximum absolute atomic E-state index is 13.3. The van der Waals surface area contributed by atoms with E-state index in [-0.39, 0.29) is 6.10 Å². The molecule has 25 heavy (non-hydrogen) atoms. The summed E-state index contributed by atoms with van der Waals surface area (Å²) >= 11 is 0. The van der Waals surface area contributed by atoms with Gasteiger partial charge in [0.1, 0.15) is 5.37 Å². The Balaban J connectivity index is 2.20. The summed E-state index contributed by atoms with van der Waals surface area (Å²) in [5.74, 6) is 0.491. The molecule has 2 rings (SSSR count). The van der Waals surface area contributed by atoms with E-state index in [1.165, 1.54) is 0 Å². The van der Waals surface area contributed by atoms with E-state index in [1.807, 2.05) is 6.07 Å². The van der Waals surface area contributed by atoms with Gasteiger partial charge in [0.05, 0.1) is 11.0 Å². The van der Waals surface area contributed by atoms with E-state index in [2.05, 4.69) is 25.7 Å². The minimum absolute atomic E-state index is 0.154. The zero-order valence-electron chi connectivity index (χ0n) is 15.9. The number of sulfone groups is 1. The first-order chi connectivity index (χ1) is 11.9. The maximum Gasteiger partial charge on any atom is 0.194 e. The zero-order valence-corrected chi connectivity index (χ0v) is 16.7. The van der Waals surface area contributed by atoms with Crippen molar-refractivity contribution >= 4 is 9.84 Å². The number of nitrogens with zero attached hydrogens (tertiary/aromatic N) is 1. The SMILES string of the molecule is CCCOC1CCCN(C(CCC(C)C)S(=O)(=O)c2ccccc2)C1. The van der Waals surface area contributed by atoms with Crippen molar-refractivity contribution in [3.63, 3.8) is 0 Å². The van der Waals surface area contributed by atoms with Crippen LogP contribution in [0.3, 0.4) is 0 Å². The Hall–Kier alpha value is -0.910. The molecule has 0 radical (unpaired) electrons. The van der Waals surface area contributed by atoms with Crippen molar-refractivity contribution in [3.05, 3.63) is 30.3 Å². The molecule has 2 atom stereocenters. The number of rotatable bonds is 9. The van der Waals surface area contributed by atoms with Crippen LogP contribution < -0.4 is 0 Å². The lowest BCUT2D eigenvalue weighted by molar-refractivity contribution is -0.00493. The summed E-state index contributed by atoms with van der Waals surface area (Å²) < 4.78 is 32.5. The lowest BCUT2D eigenvalue weighted by Gasteiger charge is -2.38. The van der Waals surface area contributed by atoms with Crippen molar-refractivity contribution in [1.82, 2.24) is 4.90 Å². The zero-order chi connectivity index (χ0) is 18.3. The highest BCUT2D eigenvalue weighted by molar-refractivity contribution is 7.92. The van der Waals surface area contributed by atoms with Crippen LogP contribution in [0.2, 0.25) is 0 Å². The monoisotopic (exact) mass is 367 g/mol. The van der Waals surface area contributed by atoms with Gasteiger partial charge in [-0.05, 0) is 56.7 Å². The molecule has 0 bridgehead atoms. The Bertz CT molecular complexity index is 601. The van der Waals surface area contributed by atoms with Crippen molar-refractivity contribution < 1.29 is 13.2 Å². The third-order valence-electron chi connectivity index (χ3n) is 4.80. The first-order valence-electron chi connectivity index (χ1n) is 9.59. The minimum Gasteiger partial charge on any atom is -0.377 e. The van der Waals surface area contributed by atoms with Crippen molar-refractivity contribution in [1.29, 1.82) is 0 Å². The van der Waals surface area contributed by atoms with Gasteiger partial charge in [-0.3, -0.25) is 4.90 Å². The molecule has 0 spiro atoms. The third kappa shape index (κ3) is 5.80. The molecule has 0 aromatic heterocycles. The molecule has 0 aliphatic carbocycles. The quantitative estimate of drug-likeness (QED) is 0.659. The molecule has 142 valence electrons. The first-order valence-corrected chi connectivity index (χ1v) is 11.1. The number of likely N-dealkylation sites (tertiary alicyclic amines) is 1. The van der Waals surface area contributed by atoms with E-state index in [0.717, 1.165) is 45.4 Å². The summed E-state index contributed by atoms with van der Waals surface area (Å²) in [6.07, 6.45) is 4.76. The molecule has 2 unspecified atom stereocenters. The summed E-state index contributed by atoms with van der Waals surface area (Å²) in [4.78, 5) is 2.58. The highest BCUT2D eigenvalue weighted by Gasteiger charge is 2.35. The first kappa shape index (κ1) is 20.4. The molecule has 1 aromatic rings. The fourth-order valence-corrected chi connectivity index (χ4v) is 5.31. The largest absolute Gasteiger partial charge is 0.377 e. The average molecular weight is 368 g/mol. The summed E-state index contributed by atoms with van der Waals surface area (Å²) in [6.45, 7) is 8.70. The van der Waals surface area contributed by atoms with E-state index in [1.54, 1.807) is 24.3 Å². The Morgan fingerprint density at radius 3 is 2.56 bits per heavy atom. The summed E-state index contributed by atoms with van der Waals surface area (Å²) in [7, 11) is -3.37. The molecule has 0 N–H and O–H groups in total. The fraction of sp³-hybridized carbons (Fsp3) is 0.700. The van der Waals surface area contributed by atoms with Gasteiger partial charge in [0, 0.05) is 13.2 Å². The molecule has 1 aliphatic rings. The molecule has 1 fully saturated rings. The van der Waals surface area contributed by atoms with Gasteiger partial charge in [-0.15, -0.1) is 0 Å². The number of hydrogen-bond donors (Lipinski definition) is 0. The number of hydrogen-bond acceptors (Lipinski definition) is 4. The Labute approximate surface area is 153 Å². The normalized spacial score (nSPS) is 20.7. The van der Waals surface area contributed by atoms with Gasteiger partial charge < -0.3 is 4.74 Å². The lowest BCUT2D eigenvalue weighted by Crippen LogP contribution is -2.49. The number of piperidine rings is 1. The van der Waals surface area contributed by atoms with E-state index < -0.39 is 15.2 Å². The molecular formula is C20H33NO3S. The van der Waals surface area contributed by atoms with Crippen LogP contribution in [0.5, 0.6) is 0 Å². The standard InChI is InChI=1S/C20H33NO3S/c1-4-15-24-18-9-8-14-21(16-18)20(13-12-17(2)3)25(22,23)19-10-6-5-7-11-19/h5-7,10-11,17-18,20H,4,8-9,12-16H2,1-3H3. The highest BCUT2D eigenvalue weighted by Crippen LogP contribution is 2.27. The van der Waals surface area contributed by atoms with Gasteiger partial charge in [0.25, 0.3) is 0 Å². The molecular weight excluding hydrogens is 334 g/mol.